The number of thioether (sulfide) groups is 1. The van der Waals surface area contributed by atoms with Gasteiger partial charge in [-0.15, -0.1) is 11.8 Å². The summed E-state index contributed by atoms with van der Waals surface area (Å²) >= 11 is 1.86. The zero-order chi connectivity index (χ0) is 15.8. The van der Waals surface area contributed by atoms with Crippen LogP contribution >= 0.6 is 11.8 Å². The number of aromatic nitrogens is 1. The quantitative estimate of drug-likeness (QED) is 0.698. The van der Waals surface area contributed by atoms with E-state index in [9.17, 15) is 0 Å². The fourth-order valence-electron chi connectivity index (χ4n) is 3.03. The molecule has 0 unspecified atom stereocenters. The van der Waals surface area contributed by atoms with Crippen LogP contribution in [0.4, 0.5) is 0 Å². The standard InChI is InChI=1S/C19H17NO2S/c1-21-13-9-10-14(17(12-13)22-2)19-16-7-5-11-20(16)15-6-3-4-8-18(15)23-19/h3-12,19H,1-2H3/t19-/m0/s1. The normalized spacial score (nSPS) is 15.7. The second-order valence-electron chi connectivity index (χ2n) is 5.38. The summed E-state index contributed by atoms with van der Waals surface area (Å²) in [6.45, 7) is 0. The van der Waals surface area contributed by atoms with Crippen molar-refractivity contribution in [2.45, 2.75) is 10.1 Å². The van der Waals surface area contributed by atoms with Crippen LogP contribution in [0.3, 0.4) is 0 Å². The van der Waals surface area contributed by atoms with E-state index in [2.05, 4.69) is 53.2 Å². The molecule has 1 aliphatic rings. The molecular weight excluding hydrogens is 306 g/mol. The number of methoxy groups -OCH3 is 2. The van der Waals surface area contributed by atoms with Gasteiger partial charge >= 0.3 is 0 Å². The van der Waals surface area contributed by atoms with Gasteiger partial charge in [-0.05, 0) is 30.3 Å². The lowest BCUT2D eigenvalue weighted by Crippen LogP contribution is -2.11. The van der Waals surface area contributed by atoms with Gasteiger partial charge in [-0.3, -0.25) is 0 Å². The molecule has 0 amide bonds. The Hall–Kier alpha value is -2.33. The van der Waals surface area contributed by atoms with Crippen molar-refractivity contribution in [3.8, 4) is 17.2 Å². The van der Waals surface area contributed by atoms with E-state index < -0.39 is 0 Å². The summed E-state index contributed by atoms with van der Waals surface area (Å²) < 4.78 is 13.2. The number of rotatable bonds is 3. The van der Waals surface area contributed by atoms with Crippen molar-refractivity contribution in [3.05, 3.63) is 72.1 Å². The molecule has 116 valence electrons. The fraction of sp³-hybridized carbons (Fsp3) is 0.158. The van der Waals surface area contributed by atoms with Gasteiger partial charge in [0.05, 0.1) is 25.2 Å². The molecule has 0 saturated carbocycles. The minimum absolute atomic E-state index is 0.195. The number of fused-ring (bicyclic) bond motifs is 3. The van der Waals surface area contributed by atoms with E-state index in [-0.39, 0.29) is 5.25 Å². The fourth-order valence-corrected chi connectivity index (χ4v) is 4.36. The highest BCUT2D eigenvalue weighted by molar-refractivity contribution is 8.00. The summed E-state index contributed by atoms with van der Waals surface area (Å²) in [4.78, 5) is 1.28. The van der Waals surface area contributed by atoms with E-state index in [0.29, 0.717) is 0 Å². The summed E-state index contributed by atoms with van der Waals surface area (Å²) in [6, 6.07) is 18.8. The Morgan fingerprint density at radius 2 is 1.83 bits per heavy atom. The predicted octanol–water partition coefficient (Wildman–Crippen LogP) is 4.69. The molecule has 0 saturated heterocycles. The lowest BCUT2D eigenvalue weighted by atomic mass is 10.1. The highest BCUT2D eigenvalue weighted by Gasteiger charge is 2.28. The minimum Gasteiger partial charge on any atom is -0.497 e. The lowest BCUT2D eigenvalue weighted by molar-refractivity contribution is 0.391. The van der Waals surface area contributed by atoms with Gasteiger partial charge in [0.1, 0.15) is 11.5 Å². The van der Waals surface area contributed by atoms with Crippen LogP contribution in [0.1, 0.15) is 16.5 Å². The van der Waals surface area contributed by atoms with Gasteiger partial charge in [-0.1, -0.05) is 18.2 Å². The summed E-state index contributed by atoms with van der Waals surface area (Å²) in [5.41, 5.74) is 3.66. The molecule has 1 aromatic heterocycles. The van der Waals surface area contributed by atoms with Crippen LogP contribution in [0.25, 0.3) is 5.69 Å². The minimum atomic E-state index is 0.195. The molecule has 0 fully saturated rings. The van der Waals surface area contributed by atoms with E-state index in [1.54, 1.807) is 14.2 Å². The number of para-hydroxylation sites is 1. The maximum Gasteiger partial charge on any atom is 0.127 e. The van der Waals surface area contributed by atoms with Crippen LogP contribution in [0.5, 0.6) is 11.5 Å². The van der Waals surface area contributed by atoms with Gasteiger partial charge in [-0.2, -0.15) is 0 Å². The van der Waals surface area contributed by atoms with Gasteiger partial charge in [0, 0.05) is 28.4 Å². The number of nitrogens with zero attached hydrogens (tertiary/aromatic N) is 1. The lowest BCUT2D eigenvalue weighted by Gasteiger charge is -2.28. The molecule has 4 heteroatoms. The molecule has 0 bridgehead atoms. The van der Waals surface area contributed by atoms with Crippen molar-refractivity contribution in [3.63, 3.8) is 0 Å². The van der Waals surface area contributed by atoms with E-state index in [1.807, 2.05) is 23.9 Å². The number of benzene rings is 2. The summed E-state index contributed by atoms with van der Waals surface area (Å²) in [5, 5.41) is 0.195. The predicted molar refractivity (Wildman–Crippen MR) is 93.0 cm³/mol. The Balaban J connectivity index is 1.86. The maximum absolute atomic E-state index is 5.62. The van der Waals surface area contributed by atoms with Crippen LogP contribution in [-0.2, 0) is 0 Å². The van der Waals surface area contributed by atoms with Crippen molar-refractivity contribution in [1.29, 1.82) is 0 Å². The Bertz CT molecular complexity index is 856. The van der Waals surface area contributed by atoms with Crippen molar-refractivity contribution in [1.82, 2.24) is 4.57 Å². The van der Waals surface area contributed by atoms with Gasteiger partial charge in [0.2, 0.25) is 0 Å². The molecule has 3 nitrogen and oxygen atoms in total. The largest absolute Gasteiger partial charge is 0.497 e. The topological polar surface area (TPSA) is 23.4 Å². The summed E-state index contributed by atoms with van der Waals surface area (Å²) in [7, 11) is 3.38. The van der Waals surface area contributed by atoms with Crippen LogP contribution in [0.2, 0.25) is 0 Å². The first-order chi connectivity index (χ1) is 11.3. The third-order valence-corrected chi connectivity index (χ3v) is 5.47. The molecule has 23 heavy (non-hydrogen) atoms. The maximum atomic E-state index is 5.62. The molecule has 4 rings (SSSR count). The molecule has 2 aromatic carbocycles. The molecule has 0 N–H and O–H groups in total. The molecule has 2 heterocycles. The highest BCUT2D eigenvalue weighted by Crippen LogP contribution is 2.50. The average Bonchev–Trinajstić information content (AvgIpc) is 3.10. The smallest absolute Gasteiger partial charge is 0.127 e. The Labute approximate surface area is 139 Å². The van der Waals surface area contributed by atoms with Gasteiger partial charge < -0.3 is 14.0 Å². The van der Waals surface area contributed by atoms with Gasteiger partial charge in [-0.25, -0.2) is 0 Å². The first-order valence-electron chi connectivity index (χ1n) is 7.47. The first kappa shape index (κ1) is 14.3. The average molecular weight is 323 g/mol. The number of ether oxygens (including phenoxy) is 2. The van der Waals surface area contributed by atoms with Crippen LogP contribution in [-0.4, -0.2) is 18.8 Å². The van der Waals surface area contributed by atoms with Gasteiger partial charge in [0.15, 0.2) is 0 Å². The van der Waals surface area contributed by atoms with Crippen LogP contribution in [0, 0.1) is 0 Å². The zero-order valence-electron chi connectivity index (χ0n) is 13.0. The Kier molecular flexibility index (Phi) is 3.54. The summed E-state index contributed by atoms with van der Waals surface area (Å²) in [5.74, 6) is 1.66. The van der Waals surface area contributed by atoms with E-state index in [4.69, 9.17) is 9.47 Å². The van der Waals surface area contributed by atoms with E-state index in [1.165, 1.54) is 16.3 Å². The van der Waals surface area contributed by atoms with Gasteiger partial charge in [0.25, 0.3) is 0 Å². The Morgan fingerprint density at radius 3 is 2.65 bits per heavy atom. The van der Waals surface area contributed by atoms with E-state index in [0.717, 1.165) is 17.1 Å². The zero-order valence-corrected chi connectivity index (χ0v) is 13.8. The highest BCUT2D eigenvalue weighted by atomic mass is 32.2. The third kappa shape index (κ3) is 2.30. The second-order valence-corrected chi connectivity index (χ2v) is 6.52. The van der Waals surface area contributed by atoms with Crippen molar-refractivity contribution < 1.29 is 9.47 Å². The molecule has 0 spiro atoms. The third-order valence-electron chi connectivity index (χ3n) is 4.14. The molecule has 3 aromatic rings. The molecule has 1 atom stereocenters. The van der Waals surface area contributed by atoms with Crippen molar-refractivity contribution in [2.75, 3.05) is 14.2 Å². The molecule has 0 aliphatic carbocycles. The first-order valence-corrected chi connectivity index (χ1v) is 8.35. The second kappa shape index (κ2) is 5.70. The van der Waals surface area contributed by atoms with Crippen LogP contribution in [0.15, 0.2) is 65.7 Å². The summed E-state index contributed by atoms with van der Waals surface area (Å²) in [6.07, 6.45) is 2.12. The number of hydrogen-bond donors (Lipinski definition) is 0. The number of hydrogen-bond acceptors (Lipinski definition) is 3. The Morgan fingerprint density at radius 1 is 0.957 bits per heavy atom. The van der Waals surface area contributed by atoms with E-state index >= 15 is 0 Å². The van der Waals surface area contributed by atoms with Crippen LogP contribution < -0.4 is 9.47 Å². The monoisotopic (exact) mass is 323 g/mol. The molecular formula is C19H17NO2S. The molecule has 1 aliphatic heterocycles. The molecule has 0 radical (unpaired) electrons. The SMILES string of the molecule is COc1ccc([C@@H]2Sc3ccccc3-n3cccc32)c(OC)c1. The van der Waals surface area contributed by atoms with Crippen molar-refractivity contribution in [2.24, 2.45) is 0 Å². The van der Waals surface area contributed by atoms with Crippen molar-refractivity contribution >= 4 is 11.8 Å².